The molecule has 5 nitrogen and oxygen atoms in total. The van der Waals surface area contributed by atoms with Gasteiger partial charge in [-0.1, -0.05) is 18.2 Å². The Bertz CT molecular complexity index is 569. The number of hydrogen-bond donors (Lipinski definition) is 3. The van der Waals surface area contributed by atoms with Crippen LogP contribution in [-0.4, -0.2) is 9.97 Å². The molecule has 0 bridgehead atoms. The molecule has 1 aromatic heterocycles. The SMILES string of the molecule is Cc1nc(N)c(N)c(C(F)(F)F)n1.Nc1ccccc1. The molecule has 0 aliphatic heterocycles. The molecule has 2 rings (SSSR count). The molecule has 1 aromatic carbocycles. The molecule has 0 aliphatic rings. The van der Waals surface area contributed by atoms with Crippen LogP contribution in [0.1, 0.15) is 11.5 Å². The second kappa shape index (κ2) is 6.09. The van der Waals surface area contributed by atoms with E-state index in [0.29, 0.717) is 0 Å². The van der Waals surface area contributed by atoms with E-state index in [2.05, 4.69) is 9.97 Å². The Labute approximate surface area is 113 Å². The van der Waals surface area contributed by atoms with E-state index in [1.807, 2.05) is 30.3 Å². The van der Waals surface area contributed by atoms with E-state index in [1.165, 1.54) is 6.92 Å². The molecule has 0 saturated heterocycles. The van der Waals surface area contributed by atoms with Crippen LogP contribution < -0.4 is 17.2 Å². The van der Waals surface area contributed by atoms with E-state index in [9.17, 15) is 13.2 Å². The van der Waals surface area contributed by atoms with Crippen molar-refractivity contribution in [1.29, 1.82) is 0 Å². The molecule has 6 N–H and O–H groups in total. The van der Waals surface area contributed by atoms with E-state index < -0.39 is 17.6 Å². The summed E-state index contributed by atoms with van der Waals surface area (Å²) >= 11 is 0. The van der Waals surface area contributed by atoms with Crippen molar-refractivity contribution in [2.24, 2.45) is 0 Å². The molecule has 0 spiro atoms. The van der Waals surface area contributed by atoms with Gasteiger partial charge in [-0.15, -0.1) is 0 Å². The molecule has 0 fully saturated rings. The Morgan fingerprint density at radius 3 is 1.90 bits per heavy atom. The fourth-order valence-corrected chi connectivity index (χ4v) is 1.27. The fourth-order valence-electron chi connectivity index (χ4n) is 1.27. The summed E-state index contributed by atoms with van der Waals surface area (Å²) in [6, 6.07) is 9.49. The largest absolute Gasteiger partial charge is 0.435 e. The van der Waals surface area contributed by atoms with E-state index in [4.69, 9.17) is 17.2 Å². The maximum Gasteiger partial charge on any atom is 0.435 e. The molecule has 20 heavy (non-hydrogen) atoms. The van der Waals surface area contributed by atoms with Crippen LogP contribution in [0.25, 0.3) is 0 Å². The van der Waals surface area contributed by atoms with Gasteiger partial charge in [0.05, 0.1) is 0 Å². The fraction of sp³-hybridized carbons (Fsp3) is 0.167. The summed E-state index contributed by atoms with van der Waals surface area (Å²) in [5, 5.41) is 0. The molecule has 0 atom stereocenters. The Hall–Kier alpha value is -2.51. The van der Waals surface area contributed by atoms with Crippen molar-refractivity contribution in [3.63, 3.8) is 0 Å². The topological polar surface area (TPSA) is 104 Å². The van der Waals surface area contributed by atoms with Crippen LogP contribution in [0.4, 0.5) is 30.4 Å². The van der Waals surface area contributed by atoms with Crippen molar-refractivity contribution < 1.29 is 13.2 Å². The lowest BCUT2D eigenvalue weighted by Crippen LogP contribution is -2.15. The first-order valence-corrected chi connectivity index (χ1v) is 5.49. The average molecular weight is 285 g/mol. The van der Waals surface area contributed by atoms with Crippen LogP contribution in [0.15, 0.2) is 30.3 Å². The van der Waals surface area contributed by atoms with Gasteiger partial charge in [0.1, 0.15) is 11.5 Å². The summed E-state index contributed by atoms with van der Waals surface area (Å²) in [5.74, 6) is -0.404. The number of para-hydroxylation sites is 1. The predicted molar refractivity (Wildman–Crippen MR) is 71.5 cm³/mol. The monoisotopic (exact) mass is 285 g/mol. The highest BCUT2D eigenvalue weighted by molar-refractivity contribution is 5.61. The van der Waals surface area contributed by atoms with Crippen molar-refractivity contribution in [3.05, 3.63) is 41.9 Å². The van der Waals surface area contributed by atoms with Crippen LogP contribution in [-0.2, 0) is 6.18 Å². The number of alkyl halides is 3. The Morgan fingerprint density at radius 1 is 0.950 bits per heavy atom. The van der Waals surface area contributed by atoms with Crippen molar-refractivity contribution in [1.82, 2.24) is 9.97 Å². The molecule has 2 aromatic rings. The zero-order valence-corrected chi connectivity index (χ0v) is 10.6. The molecule has 0 amide bonds. The minimum atomic E-state index is -4.59. The zero-order valence-electron chi connectivity index (χ0n) is 10.6. The Balaban J connectivity index is 0.000000240. The Kier molecular flexibility index (Phi) is 4.73. The summed E-state index contributed by atoms with van der Waals surface area (Å²) in [6.45, 7) is 1.31. The second-order valence-corrected chi connectivity index (χ2v) is 3.83. The van der Waals surface area contributed by atoms with Gasteiger partial charge in [0.2, 0.25) is 0 Å². The van der Waals surface area contributed by atoms with E-state index >= 15 is 0 Å². The van der Waals surface area contributed by atoms with Gasteiger partial charge in [-0.2, -0.15) is 13.2 Å². The first-order valence-electron chi connectivity index (χ1n) is 5.49. The highest BCUT2D eigenvalue weighted by Crippen LogP contribution is 2.33. The van der Waals surface area contributed by atoms with Gasteiger partial charge in [-0.05, 0) is 19.1 Å². The number of aryl methyl sites for hydroxylation is 1. The number of nitrogen functional groups attached to an aromatic ring is 3. The molecule has 0 saturated carbocycles. The molecule has 0 aliphatic carbocycles. The highest BCUT2D eigenvalue weighted by Gasteiger charge is 2.36. The standard InChI is InChI=1S/C6H7F3N4.C6H7N/c1-2-12-4(6(7,8)9)3(10)5(11)13-2;7-6-4-2-1-3-5-6/h10H2,1H3,(H2,11,12,13);1-5H,7H2. The third-order valence-electron chi connectivity index (χ3n) is 2.16. The number of nitrogens with two attached hydrogens (primary N) is 3. The minimum absolute atomic E-state index is 0.0565. The van der Waals surface area contributed by atoms with Crippen LogP contribution in [0.2, 0.25) is 0 Å². The Morgan fingerprint density at radius 2 is 1.50 bits per heavy atom. The number of benzene rings is 1. The summed E-state index contributed by atoms with van der Waals surface area (Å²) in [4.78, 5) is 6.65. The van der Waals surface area contributed by atoms with Gasteiger partial charge in [-0.3, -0.25) is 0 Å². The van der Waals surface area contributed by atoms with Crippen molar-refractivity contribution in [2.45, 2.75) is 13.1 Å². The van der Waals surface area contributed by atoms with Gasteiger partial charge in [-0.25, -0.2) is 9.97 Å². The quantitative estimate of drug-likeness (QED) is 0.644. The molecular weight excluding hydrogens is 271 g/mol. The molecule has 108 valence electrons. The van der Waals surface area contributed by atoms with Gasteiger partial charge in [0, 0.05) is 5.69 Å². The first kappa shape index (κ1) is 15.5. The molecular formula is C12H14F3N5. The number of nitrogens with zero attached hydrogens (tertiary/aromatic N) is 2. The zero-order chi connectivity index (χ0) is 15.3. The van der Waals surface area contributed by atoms with Crippen LogP contribution in [0, 0.1) is 6.92 Å². The van der Waals surface area contributed by atoms with Crippen molar-refractivity contribution >= 4 is 17.2 Å². The van der Waals surface area contributed by atoms with E-state index in [1.54, 1.807) is 0 Å². The van der Waals surface area contributed by atoms with E-state index in [-0.39, 0.29) is 11.6 Å². The number of halogens is 3. The molecule has 0 unspecified atom stereocenters. The van der Waals surface area contributed by atoms with Crippen LogP contribution in [0.5, 0.6) is 0 Å². The van der Waals surface area contributed by atoms with Gasteiger partial charge < -0.3 is 17.2 Å². The number of aromatic nitrogens is 2. The highest BCUT2D eigenvalue weighted by atomic mass is 19.4. The minimum Gasteiger partial charge on any atom is -0.399 e. The summed E-state index contributed by atoms with van der Waals surface area (Å²) < 4.78 is 36.5. The van der Waals surface area contributed by atoms with Crippen molar-refractivity contribution in [3.8, 4) is 0 Å². The second-order valence-electron chi connectivity index (χ2n) is 3.83. The summed E-state index contributed by atoms with van der Waals surface area (Å²) in [5.41, 5.74) is 14.6. The molecule has 8 heteroatoms. The average Bonchev–Trinajstić information content (AvgIpc) is 2.34. The summed E-state index contributed by atoms with van der Waals surface area (Å²) in [7, 11) is 0. The van der Waals surface area contributed by atoms with Gasteiger partial charge >= 0.3 is 6.18 Å². The van der Waals surface area contributed by atoms with Crippen LogP contribution in [0.3, 0.4) is 0 Å². The number of hydrogen-bond acceptors (Lipinski definition) is 5. The smallest absolute Gasteiger partial charge is 0.399 e. The first-order chi connectivity index (χ1) is 9.21. The van der Waals surface area contributed by atoms with Crippen LogP contribution >= 0.6 is 0 Å². The van der Waals surface area contributed by atoms with Gasteiger partial charge in [0.25, 0.3) is 0 Å². The molecule has 0 radical (unpaired) electrons. The summed E-state index contributed by atoms with van der Waals surface area (Å²) in [6.07, 6.45) is -4.59. The molecule has 1 heterocycles. The van der Waals surface area contributed by atoms with E-state index in [0.717, 1.165) is 5.69 Å². The maximum absolute atomic E-state index is 12.2. The number of anilines is 3. The lowest BCUT2D eigenvalue weighted by molar-refractivity contribution is -0.140. The third-order valence-corrected chi connectivity index (χ3v) is 2.16. The van der Waals surface area contributed by atoms with Gasteiger partial charge in [0.15, 0.2) is 11.5 Å². The normalized spacial score (nSPS) is 10.6. The lowest BCUT2D eigenvalue weighted by Gasteiger charge is -2.10. The lowest BCUT2D eigenvalue weighted by atomic mass is 10.3. The van der Waals surface area contributed by atoms with Crippen molar-refractivity contribution in [2.75, 3.05) is 17.2 Å². The number of rotatable bonds is 0. The third kappa shape index (κ3) is 4.30. The predicted octanol–water partition coefficient (Wildman–Crippen LogP) is 2.24. The maximum atomic E-state index is 12.2.